The summed E-state index contributed by atoms with van der Waals surface area (Å²) in [4.78, 5) is 12.8. The Hall–Kier alpha value is -0.570. The van der Waals surface area contributed by atoms with Gasteiger partial charge in [-0.1, -0.05) is 39.0 Å². The third-order valence-corrected chi connectivity index (χ3v) is 3.06. The minimum atomic E-state index is -0.731. The quantitative estimate of drug-likeness (QED) is 0.630. The number of carbonyl (C=O) groups is 1. The fourth-order valence-corrected chi connectivity index (χ4v) is 1.90. The van der Waals surface area contributed by atoms with Crippen LogP contribution in [0.2, 0.25) is 0 Å². The van der Waals surface area contributed by atoms with E-state index < -0.39 is 5.97 Å². The molecule has 0 aliphatic carbocycles. The molecule has 0 fully saturated rings. The van der Waals surface area contributed by atoms with Crippen molar-refractivity contribution in [3.8, 4) is 0 Å². The SMILES string of the molecule is CCCCCCCCN(CC(=O)O)C(C)(C)C. The van der Waals surface area contributed by atoms with Crippen LogP contribution in [0, 0.1) is 0 Å². The molecule has 3 nitrogen and oxygen atoms in total. The molecule has 17 heavy (non-hydrogen) atoms. The first-order valence-corrected chi connectivity index (χ1v) is 6.84. The highest BCUT2D eigenvalue weighted by atomic mass is 16.4. The van der Waals surface area contributed by atoms with Gasteiger partial charge in [-0.15, -0.1) is 0 Å². The zero-order valence-corrected chi connectivity index (χ0v) is 12.0. The normalized spacial score (nSPS) is 12.1. The molecule has 0 saturated carbocycles. The maximum Gasteiger partial charge on any atom is 0.317 e. The van der Waals surface area contributed by atoms with Gasteiger partial charge in [-0.25, -0.2) is 0 Å². The number of hydrogen-bond acceptors (Lipinski definition) is 2. The van der Waals surface area contributed by atoms with Crippen molar-refractivity contribution < 1.29 is 9.90 Å². The number of aliphatic carboxylic acids is 1. The van der Waals surface area contributed by atoms with Crippen LogP contribution in [0.25, 0.3) is 0 Å². The maximum atomic E-state index is 10.8. The molecular weight excluding hydrogens is 214 g/mol. The zero-order chi connectivity index (χ0) is 13.3. The van der Waals surface area contributed by atoms with E-state index in [2.05, 4.69) is 32.6 Å². The van der Waals surface area contributed by atoms with Gasteiger partial charge in [-0.3, -0.25) is 9.69 Å². The van der Waals surface area contributed by atoms with Gasteiger partial charge < -0.3 is 5.11 Å². The maximum absolute atomic E-state index is 10.8. The van der Waals surface area contributed by atoms with Crippen molar-refractivity contribution in [3.05, 3.63) is 0 Å². The molecule has 0 bridgehead atoms. The van der Waals surface area contributed by atoms with Crippen LogP contribution in [-0.2, 0) is 4.79 Å². The Morgan fingerprint density at radius 3 is 2.06 bits per heavy atom. The first-order valence-electron chi connectivity index (χ1n) is 6.84. The number of hydrogen-bond donors (Lipinski definition) is 1. The number of nitrogens with zero attached hydrogens (tertiary/aromatic N) is 1. The Morgan fingerprint density at radius 1 is 1.06 bits per heavy atom. The average Bonchev–Trinajstić information content (AvgIpc) is 2.19. The second kappa shape index (κ2) is 8.51. The van der Waals surface area contributed by atoms with Crippen LogP contribution in [-0.4, -0.2) is 34.6 Å². The summed E-state index contributed by atoms with van der Waals surface area (Å²) < 4.78 is 0. The predicted octanol–water partition coefficient (Wildman–Crippen LogP) is 3.53. The molecule has 1 N–H and O–H groups in total. The fourth-order valence-electron chi connectivity index (χ4n) is 1.90. The summed E-state index contributed by atoms with van der Waals surface area (Å²) in [5.41, 5.74) is -0.0538. The average molecular weight is 243 g/mol. The third-order valence-electron chi connectivity index (χ3n) is 3.06. The second-order valence-corrected chi connectivity index (χ2v) is 5.75. The molecule has 0 aromatic heterocycles. The van der Waals surface area contributed by atoms with Gasteiger partial charge in [-0.2, -0.15) is 0 Å². The lowest BCUT2D eigenvalue weighted by Crippen LogP contribution is -2.44. The highest BCUT2D eigenvalue weighted by Gasteiger charge is 2.22. The molecule has 0 atom stereocenters. The third kappa shape index (κ3) is 9.16. The molecule has 0 spiro atoms. The van der Waals surface area contributed by atoms with Crippen LogP contribution in [0.3, 0.4) is 0 Å². The molecule has 0 heterocycles. The fraction of sp³-hybridized carbons (Fsp3) is 0.929. The minimum Gasteiger partial charge on any atom is -0.480 e. The van der Waals surface area contributed by atoms with Gasteiger partial charge in [0.1, 0.15) is 0 Å². The Kier molecular flexibility index (Phi) is 8.23. The van der Waals surface area contributed by atoms with Crippen molar-refractivity contribution in [3.63, 3.8) is 0 Å². The molecule has 0 aromatic carbocycles. The lowest BCUT2D eigenvalue weighted by molar-refractivity contribution is -0.139. The Balaban J connectivity index is 3.81. The molecule has 0 saturated heterocycles. The van der Waals surface area contributed by atoms with E-state index in [-0.39, 0.29) is 12.1 Å². The van der Waals surface area contributed by atoms with Crippen LogP contribution in [0.5, 0.6) is 0 Å². The number of unbranched alkanes of at least 4 members (excludes halogenated alkanes) is 5. The van der Waals surface area contributed by atoms with E-state index in [9.17, 15) is 4.79 Å². The first-order chi connectivity index (χ1) is 7.88. The summed E-state index contributed by atoms with van der Waals surface area (Å²) in [5.74, 6) is -0.731. The van der Waals surface area contributed by atoms with Gasteiger partial charge in [0.15, 0.2) is 0 Å². The van der Waals surface area contributed by atoms with Crippen molar-refractivity contribution in [2.24, 2.45) is 0 Å². The van der Waals surface area contributed by atoms with E-state index in [1.807, 2.05) is 0 Å². The van der Waals surface area contributed by atoms with Crippen LogP contribution in [0.1, 0.15) is 66.2 Å². The number of carboxylic acid groups (broad SMARTS) is 1. The summed E-state index contributed by atoms with van der Waals surface area (Å²) in [6.45, 7) is 9.49. The monoisotopic (exact) mass is 243 g/mol. The van der Waals surface area contributed by atoms with Gasteiger partial charge in [0, 0.05) is 5.54 Å². The van der Waals surface area contributed by atoms with Crippen LogP contribution < -0.4 is 0 Å². The lowest BCUT2D eigenvalue weighted by atomic mass is 10.0. The summed E-state index contributed by atoms with van der Waals surface area (Å²) in [6.07, 6.45) is 7.50. The Labute approximate surface area is 106 Å². The molecular formula is C14H29NO2. The summed E-state index contributed by atoms with van der Waals surface area (Å²) >= 11 is 0. The largest absolute Gasteiger partial charge is 0.480 e. The van der Waals surface area contributed by atoms with Gasteiger partial charge in [-0.05, 0) is 33.7 Å². The van der Waals surface area contributed by atoms with E-state index in [4.69, 9.17) is 5.11 Å². The van der Waals surface area contributed by atoms with Gasteiger partial charge in [0.2, 0.25) is 0 Å². The lowest BCUT2D eigenvalue weighted by Gasteiger charge is -2.34. The molecule has 0 rings (SSSR count). The standard InChI is InChI=1S/C14H29NO2/c1-5-6-7-8-9-10-11-15(12-13(16)17)14(2,3)4/h5-12H2,1-4H3,(H,16,17). The van der Waals surface area contributed by atoms with Gasteiger partial charge in [0.25, 0.3) is 0 Å². The Bertz CT molecular complexity index is 209. The van der Waals surface area contributed by atoms with Crippen molar-refractivity contribution in [2.45, 2.75) is 71.8 Å². The number of rotatable bonds is 9. The molecule has 0 aliphatic rings. The van der Waals surface area contributed by atoms with E-state index in [1.54, 1.807) is 0 Å². The molecule has 3 heteroatoms. The van der Waals surface area contributed by atoms with Crippen LogP contribution in [0.4, 0.5) is 0 Å². The van der Waals surface area contributed by atoms with Crippen LogP contribution >= 0.6 is 0 Å². The van der Waals surface area contributed by atoms with Crippen molar-refractivity contribution in [1.82, 2.24) is 4.90 Å². The topological polar surface area (TPSA) is 40.5 Å². The van der Waals surface area contributed by atoms with Crippen LogP contribution in [0.15, 0.2) is 0 Å². The molecule has 102 valence electrons. The van der Waals surface area contributed by atoms with E-state index in [1.165, 1.54) is 32.1 Å². The summed E-state index contributed by atoms with van der Waals surface area (Å²) in [7, 11) is 0. The van der Waals surface area contributed by atoms with Gasteiger partial charge in [0.05, 0.1) is 6.54 Å². The molecule has 0 aromatic rings. The van der Waals surface area contributed by atoms with Crippen molar-refractivity contribution >= 4 is 5.97 Å². The highest BCUT2D eigenvalue weighted by Crippen LogP contribution is 2.14. The summed E-state index contributed by atoms with van der Waals surface area (Å²) in [5, 5.41) is 8.88. The first kappa shape index (κ1) is 16.4. The molecule has 0 amide bonds. The Morgan fingerprint density at radius 2 is 1.59 bits per heavy atom. The molecule has 0 unspecified atom stereocenters. The van der Waals surface area contributed by atoms with Crippen molar-refractivity contribution in [2.75, 3.05) is 13.1 Å². The smallest absolute Gasteiger partial charge is 0.317 e. The van der Waals surface area contributed by atoms with Gasteiger partial charge >= 0.3 is 5.97 Å². The highest BCUT2D eigenvalue weighted by molar-refractivity contribution is 5.69. The number of carboxylic acids is 1. The van der Waals surface area contributed by atoms with E-state index in [0.29, 0.717) is 0 Å². The van der Waals surface area contributed by atoms with Crippen molar-refractivity contribution in [1.29, 1.82) is 0 Å². The van der Waals surface area contributed by atoms with E-state index >= 15 is 0 Å². The van der Waals surface area contributed by atoms with E-state index in [0.717, 1.165) is 13.0 Å². The molecule has 0 aliphatic heterocycles. The second-order valence-electron chi connectivity index (χ2n) is 5.75. The molecule has 0 radical (unpaired) electrons. The minimum absolute atomic E-state index is 0.0538. The summed E-state index contributed by atoms with van der Waals surface area (Å²) in [6, 6.07) is 0. The predicted molar refractivity (Wildman–Crippen MR) is 72.3 cm³/mol. The zero-order valence-electron chi connectivity index (χ0n) is 12.0.